The second-order valence-corrected chi connectivity index (χ2v) is 4.88. The Morgan fingerprint density at radius 2 is 2.22 bits per heavy atom. The molecule has 0 saturated heterocycles. The highest BCUT2D eigenvalue weighted by Crippen LogP contribution is 2.40. The van der Waals surface area contributed by atoms with E-state index in [2.05, 4.69) is 36.0 Å². The van der Waals surface area contributed by atoms with E-state index in [1.807, 2.05) is 6.07 Å². The largest absolute Gasteiger partial charge is 0.474 e. The van der Waals surface area contributed by atoms with Crippen LogP contribution in [0.5, 0.6) is 5.75 Å². The topological polar surface area (TPSA) is 13.6 Å². The molecule has 0 bridgehead atoms. The van der Waals surface area contributed by atoms with Crippen LogP contribution in [0.3, 0.4) is 0 Å². The van der Waals surface area contributed by atoms with Crippen LogP contribution in [0.4, 0.5) is 0 Å². The first-order valence-corrected chi connectivity index (χ1v) is 7.02. The molecule has 1 fully saturated rings. The summed E-state index contributed by atoms with van der Waals surface area (Å²) in [4.78, 5) is 4.22. The standard InChI is InChI=1S/C16H22NO/c1-2-3-4-10-17-11-12-18-16-7-5-6-15(13-16)14-8-9-14/h5-7,13-14H,2-4,8-10,12H2,1H3/q+1. The second kappa shape index (κ2) is 7.06. The van der Waals surface area contributed by atoms with Gasteiger partial charge in [0.15, 0.2) is 0 Å². The van der Waals surface area contributed by atoms with E-state index in [1.54, 1.807) is 0 Å². The molecule has 0 spiro atoms. The summed E-state index contributed by atoms with van der Waals surface area (Å²) in [5, 5.41) is 0. The molecule has 1 aliphatic carbocycles. The molecule has 0 N–H and O–H groups in total. The predicted octanol–water partition coefficient (Wildman–Crippen LogP) is 4.47. The number of benzene rings is 1. The third-order valence-corrected chi connectivity index (χ3v) is 3.20. The lowest BCUT2D eigenvalue weighted by molar-refractivity contribution is 0.369. The van der Waals surface area contributed by atoms with Gasteiger partial charge in [0.2, 0.25) is 6.61 Å². The van der Waals surface area contributed by atoms with Gasteiger partial charge in [0.05, 0.1) is 0 Å². The number of ether oxygens (including phenoxy) is 1. The molecule has 1 aromatic rings. The zero-order valence-corrected chi connectivity index (χ0v) is 11.2. The van der Waals surface area contributed by atoms with Gasteiger partial charge in [-0.05, 0) is 42.9 Å². The maximum atomic E-state index is 5.63. The van der Waals surface area contributed by atoms with Gasteiger partial charge < -0.3 is 4.74 Å². The number of rotatable bonds is 6. The number of unbranched alkanes of at least 4 members (excludes halogenated alkanes) is 2. The van der Waals surface area contributed by atoms with Crippen LogP contribution in [0.1, 0.15) is 50.5 Å². The van der Waals surface area contributed by atoms with Gasteiger partial charge in [0.25, 0.3) is 6.54 Å². The molecule has 96 valence electrons. The summed E-state index contributed by atoms with van der Waals surface area (Å²) < 4.78 is 5.63. The van der Waals surface area contributed by atoms with Crippen molar-refractivity contribution in [1.29, 1.82) is 0 Å². The van der Waals surface area contributed by atoms with Crippen LogP contribution in [-0.4, -0.2) is 13.2 Å². The van der Waals surface area contributed by atoms with E-state index in [0.717, 1.165) is 24.6 Å². The first-order chi connectivity index (χ1) is 8.90. The lowest BCUT2D eigenvalue weighted by Crippen LogP contribution is -1.94. The zero-order chi connectivity index (χ0) is 12.6. The van der Waals surface area contributed by atoms with Crippen molar-refractivity contribution < 1.29 is 4.74 Å². The number of hydrogen-bond donors (Lipinski definition) is 0. The Kier molecular flexibility index (Phi) is 5.08. The Morgan fingerprint density at radius 1 is 1.33 bits per heavy atom. The second-order valence-electron chi connectivity index (χ2n) is 4.88. The highest BCUT2D eigenvalue weighted by Gasteiger charge is 2.23. The van der Waals surface area contributed by atoms with Crippen LogP contribution in [0.25, 0.3) is 4.85 Å². The first kappa shape index (κ1) is 13.0. The van der Waals surface area contributed by atoms with Crippen LogP contribution in [0.2, 0.25) is 0 Å². The van der Waals surface area contributed by atoms with Crippen LogP contribution in [-0.2, 0) is 0 Å². The van der Waals surface area contributed by atoms with Crippen molar-refractivity contribution >= 4 is 0 Å². The summed E-state index contributed by atoms with van der Waals surface area (Å²) in [6.07, 6.45) is 6.29. The Labute approximate surface area is 110 Å². The molecule has 2 heteroatoms. The average Bonchev–Trinajstić information content (AvgIpc) is 3.22. The minimum absolute atomic E-state index is 0.459. The van der Waals surface area contributed by atoms with Gasteiger partial charge in [-0.3, -0.25) is 0 Å². The normalized spacial score (nSPS) is 13.8. The molecule has 1 aromatic carbocycles. The van der Waals surface area contributed by atoms with E-state index >= 15 is 0 Å². The molecule has 1 aliphatic rings. The minimum Gasteiger partial charge on any atom is -0.474 e. The molecule has 18 heavy (non-hydrogen) atoms. The molecule has 0 radical (unpaired) electrons. The first-order valence-electron chi connectivity index (χ1n) is 7.02. The van der Waals surface area contributed by atoms with Gasteiger partial charge in [0.1, 0.15) is 5.75 Å². The van der Waals surface area contributed by atoms with Crippen molar-refractivity contribution in [1.82, 2.24) is 0 Å². The monoisotopic (exact) mass is 244 g/mol. The molecule has 0 aliphatic heterocycles. The molecule has 0 atom stereocenters. The lowest BCUT2D eigenvalue weighted by atomic mass is 10.1. The van der Waals surface area contributed by atoms with Gasteiger partial charge in [-0.25, -0.2) is 0 Å². The van der Waals surface area contributed by atoms with Gasteiger partial charge in [0, 0.05) is 6.42 Å². The van der Waals surface area contributed by atoms with Crippen LogP contribution in [0.15, 0.2) is 24.3 Å². The van der Waals surface area contributed by atoms with Gasteiger partial charge >= 0.3 is 6.07 Å². The van der Waals surface area contributed by atoms with E-state index in [1.165, 1.54) is 31.2 Å². The van der Waals surface area contributed by atoms with E-state index in [9.17, 15) is 0 Å². The summed E-state index contributed by atoms with van der Waals surface area (Å²) in [7, 11) is 0. The smallest absolute Gasteiger partial charge is 0.314 e. The lowest BCUT2D eigenvalue weighted by Gasteiger charge is -2.02. The fraction of sp³-hybridized carbons (Fsp3) is 0.562. The predicted molar refractivity (Wildman–Crippen MR) is 75.6 cm³/mol. The van der Waals surface area contributed by atoms with Crippen LogP contribution < -0.4 is 4.74 Å². The molecular weight excluding hydrogens is 222 g/mol. The van der Waals surface area contributed by atoms with Gasteiger partial charge in [-0.1, -0.05) is 30.3 Å². The van der Waals surface area contributed by atoms with Crippen molar-refractivity contribution in [2.45, 2.75) is 44.9 Å². The molecule has 0 amide bonds. The Balaban J connectivity index is 1.71. The van der Waals surface area contributed by atoms with Gasteiger partial charge in [-0.15, -0.1) is 0 Å². The summed E-state index contributed by atoms with van der Waals surface area (Å²) in [5.74, 6) is 1.72. The summed E-state index contributed by atoms with van der Waals surface area (Å²) >= 11 is 0. The highest BCUT2D eigenvalue weighted by molar-refractivity contribution is 5.33. The number of nitrogens with zero attached hydrogens (tertiary/aromatic N) is 1. The molecule has 2 rings (SSSR count). The Hall–Kier alpha value is -1.49. The zero-order valence-electron chi connectivity index (χ0n) is 11.2. The fourth-order valence-corrected chi connectivity index (χ4v) is 1.96. The Bertz CT molecular complexity index is 426. The summed E-state index contributed by atoms with van der Waals surface area (Å²) in [6, 6.07) is 11.4. The van der Waals surface area contributed by atoms with E-state index in [0.29, 0.717) is 6.61 Å². The molecule has 1 saturated carbocycles. The van der Waals surface area contributed by atoms with E-state index in [-0.39, 0.29) is 0 Å². The van der Waals surface area contributed by atoms with Crippen LogP contribution >= 0.6 is 0 Å². The van der Waals surface area contributed by atoms with E-state index in [4.69, 9.17) is 4.74 Å². The Morgan fingerprint density at radius 3 is 3.00 bits per heavy atom. The van der Waals surface area contributed by atoms with Crippen LogP contribution in [0, 0.1) is 6.07 Å². The highest BCUT2D eigenvalue weighted by atomic mass is 16.5. The molecular formula is C16H22NO+. The minimum atomic E-state index is 0.459. The third-order valence-electron chi connectivity index (χ3n) is 3.20. The fourth-order valence-electron chi connectivity index (χ4n) is 1.96. The molecule has 0 unspecified atom stereocenters. The number of hydrogen-bond acceptors (Lipinski definition) is 1. The third kappa shape index (κ3) is 4.41. The maximum Gasteiger partial charge on any atom is 0.314 e. The summed E-state index contributed by atoms with van der Waals surface area (Å²) in [5.41, 5.74) is 1.41. The van der Waals surface area contributed by atoms with Crippen molar-refractivity contribution in [3.63, 3.8) is 0 Å². The van der Waals surface area contributed by atoms with E-state index < -0.39 is 0 Å². The van der Waals surface area contributed by atoms with Crippen molar-refractivity contribution in [3.8, 4) is 11.8 Å². The maximum absolute atomic E-state index is 5.63. The summed E-state index contributed by atoms with van der Waals surface area (Å²) in [6.45, 7) is 3.53. The molecule has 0 heterocycles. The van der Waals surface area contributed by atoms with Crippen molar-refractivity contribution in [2.24, 2.45) is 0 Å². The molecule has 0 aromatic heterocycles. The average molecular weight is 244 g/mol. The quantitative estimate of drug-likeness (QED) is 0.673. The SMILES string of the molecule is CCCCC[N+]#CCOc1cccc(C2CC2)c1. The molecule has 2 nitrogen and oxygen atoms in total. The van der Waals surface area contributed by atoms with Crippen molar-refractivity contribution in [2.75, 3.05) is 13.2 Å². The van der Waals surface area contributed by atoms with Gasteiger partial charge in [-0.2, -0.15) is 0 Å². The van der Waals surface area contributed by atoms with Crippen molar-refractivity contribution in [3.05, 3.63) is 34.7 Å².